The van der Waals surface area contributed by atoms with Gasteiger partial charge in [0.1, 0.15) is 0 Å². The minimum atomic E-state index is 0.723. The summed E-state index contributed by atoms with van der Waals surface area (Å²) in [6, 6.07) is 7.37. The lowest BCUT2D eigenvalue weighted by molar-refractivity contribution is 0.181. The molecule has 0 spiro atoms. The van der Waals surface area contributed by atoms with Gasteiger partial charge in [0.2, 0.25) is 0 Å². The number of likely N-dealkylation sites (tertiary alicyclic amines) is 1. The van der Waals surface area contributed by atoms with Crippen molar-refractivity contribution in [1.29, 1.82) is 0 Å². The zero-order valence-corrected chi connectivity index (χ0v) is 13.6. The first kappa shape index (κ1) is 14.3. The molecule has 4 heteroatoms. The summed E-state index contributed by atoms with van der Waals surface area (Å²) < 4.78 is 0. The lowest BCUT2D eigenvalue weighted by atomic mass is 10.0. The van der Waals surface area contributed by atoms with Crippen LogP contribution in [0.4, 0.5) is 0 Å². The minimum Gasteiger partial charge on any atom is -0.310 e. The summed E-state index contributed by atoms with van der Waals surface area (Å²) in [5.74, 6) is 0. The van der Waals surface area contributed by atoms with Gasteiger partial charge in [-0.15, -0.1) is 22.7 Å². The molecule has 0 aromatic carbocycles. The van der Waals surface area contributed by atoms with E-state index in [1.54, 1.807) is 0 Å². The number of hydrogen-bond acceptors (Lipinski definition) is 4. The molecule has 0 amide bonds. The summed E-state index contributed by atoms with van der Waals surface area (Å²) >= 11 is 3.68. The Balaban J connectivity index is 1.49. The van der Waals surface area contributed by atoms with E-state index in [9.17, 15) is 0 Å². The predicted octanol–water partition coefficient (Wildman–Crippen LogP) is 4.05. The molecule has 0 bridgehead atoms. The van der Waals surface area contributed by atoms with E-state index >= 15 is 0 Å². The topological polar surface area (TPSA) is 15.3 Å². The fourth-order valence-electron chi connectivity index (χ4n) is 2.81. The average Bonchev–Trinajstić information content (AvgIpc) is 3.11. The summed E-state index contributed by atoms with van der Waals surface area (Å²) in [7, 11) is 2.26. The van der Waals surface area contributed by atoms with Crippen LogP contribution in [0.1, 0.15) is 24.1 Å². The van der Waals surface area contributed by atoms with Crippen molar-refractivity contribution < 1.29 is 0 Å². The average molecular weight is 306 g/mol. The number of hydrogen-bond donors (Lipinski definition) is 1. The van der Waals surface area contributed by atoms with Crippen LogP contribution in [-0.2, 0) is 6.54 Å². The number of likely N-dealkylation sites (N-methyl/N-ethyl adjacent to an activating group) is 1. The highest BCUT2D eigenvalue weighted by atomic mass is 32.1. The first-order chi connectivity index (χ1) is 9.83. The molecule has 108 valence electrons. The van der Waals surface area contributed by atoms with Gasteiger partial charge in [-0.25, -0.2) is 0 Å². The van der Waals surface area contributed by atoms with Crippen molar-refractivity contribution in [2.75, 3.05) is 20.1 Å². The van der Waals surface area contributed by atoms with E-state index in [4.69, 9.17) is 0 Å². The molecule has 1 aliphatic heterocycles. The number of piperidine rings is 1. The maximum absolute atomic E-state index is 3.63. The van der Waals surface area contributed by atoms with Crippen molar-refractivity contribution >= 4 is 22.7 Å². The van der Waals surface area contributed by atoms with Crippen LogP contribution in [0.15, 0.2) is 29.0 Å². The predicted molar refractivity (Wildman–Crippen MR) is 89.6 cm³/mol. The molecule has 2 aromatic rings. The van der Waals surface area contributed by atoms with Gasteiger partial charge in [-0.2, -0.15) is 0 Å². The molecule has 1 saturated heterocycles. The van der Waals surface area contributed by atoms with Crippen LogP contribution < -0.4 is 5.32 Å². The second kappa shape index (κ2) is 6.85. The van der Waals surface area contributed by atoms with E-state index in [2.05, 4.69) is 46.2 Å². The van der Waals surface area contributed by atoms with Crippen LogP contribution in [0, 0.1) is 0 Å². The summed E-state index contributed by atoms with van der Waals surface area (Å²) in [5.41, 5.74) is 1.37. The van der Waals surface area contributed by atoms with E-state index in [-0.39, 0.29) is 0 Å². The Hall–Kier alpha value is -0.680. The lowest BCUT2D eigenvalue weighted by Gasteiger charge is -2.32. The third-order valence-electron chi connectivity index (χ3n) is 4.06. The third-order valence-corrected chi connectivity index (χ3v) is 5.92. The number of thiophene rings is 2. The Morgan fingerprint density at radius 1 is 1.35 bits per heavy atom. The first-order valence-corrected chi connectivity index (χ1v) is 9.11. The van der Waals surface area contributed by atoms with E-state index < -0.39 is 0 Å². The molecular formula is C16H22N2S2. The van der Waals surface area contributed by atoms with Crippen LogP contribution in [-0.4, -0.2) is 31.1 Å². The van der Waals surface area contributed by atoms with Crippen molar-refractivity contribution in [2.45, 2.75) is 31.8 Å². The third kappa shape index (κ3) is 3.50. The van der Waals surface area contributed by atoms with Crippen molar-refractivity contribution in [3.63, 3.8) is 0 Å². The Morgan fingerprint density at radius 3 is 3.10 bits per heavy atom. The molecule has 2 nitrogen and oxygen atoms in total. The van der Waals surface area contributed by atoms with Gasteiger partial charge < -0.3 is 10.2 Å². The summed E-state index contributed by atoms with van der Waals surface area (Å²) in [6.45, 7) is 3.37. The van der Waals surface area contributed by atoms with Crippen LogP contribution >= 0.6 is 22.7 Å². The van der Waals surface area contributed by atoms with Crippen molar-refractivity contribution in [1.82, 2.24) is 10.2 Å². The molecule has 1 unspecified atom stereocenters. The Kier molecular flexibility index (Phi) is 4.89. The summed E-state index contributed by atoms with van der Waals surface area (Å²) in [4.78, 5) is 5.31. The molecule has 3 heterocycles. The molecule has 0 radical (unpaired) electrons. The fourth-order valence-corrected chi connectivity index (χ4v) is 4.45. The summed E-state index contributed by atoms with van der Waals surface area (Å²) in [6.07, 6.45) is 4.09. The zero-order chi connectivity index (χ0) is 13.8. The number of nitrogens with one attached hydrogen (secondary N) is 1. The maximum atomic E-state index is 3.63. The van der Waals surface area contributed by atoms with Crippen molar-refractivity contribution in [2.24, 2.45) is 0 Å². The van der Waals surface area contributed by atoms with E-state index in [1.165, 1.54) is 41.1 Å². The Bertz CT molecular complexity index is 518. The van der Waals surface area contributed by atoms with Gasteiger partial charge in [0.15, 0.2) is 0 Å². The van der Waals surface area contributed by atoms with Crippen LogP contribution in [0.5, 0.6) is 0 Å². The molecule has 1 N–H and O–H groups in total. The number of nitrogens with zero attached hydrogens (tertiary/aromatic N) is 1. The number of rotatable bonds is 5. The Morgan fingerprint density at radius 2 is 2.30 bits per heavy atom. The van der Waals surface area contributed by atoms with Crippen molar-refractivity contribution in [3.8, 4) is 10.4 Å². The monoisotopic (exact) mass is 306 g/mol. The van der Waals surface area contributed by atoms with Gasteiger partial charge in [-0.1, -0.05) is 12.5 Å². The standard InChI is InChI=1S/C16H22N2S2/c1-18-7-3-2-5-14(18)10-17-11-15-9-13(12-20-15)16-6-4-8-19-16/h4,6,8-9,12,14,17H,2-3,5,7,10-11H2,1H3. The highest BCUT2D eigenvalue weighted by molar-refractivity contribution is 7.14. The first-order valence-electron chi connectivity index (χ1n) is 7.35. The molecular weight excluding hydrogens is 284 g/mol. The molecule has 0 aliphatic carbocycles. The van der Waals surface area contributed by atoms with Crippen LogP contribution in [0.25, 0.3) is 10.4 Å². The highest BCUT2D eigenvalue weighted by Gasteiger charge is 2.18. The molecule has 3 rings (SSSR count). The molecule has 20 heavy (non-hydrogen) atoms. The SMILES string of the molecule is CN1CCCCC1CNCc1cc(-c2cccs2)cs1. The van der Waals surface area contributed by atoms with E-state index in [0.717, 1.165) is 19.1 Å². The lowest BCUT2D eigenvalue weighted by Crippen LogP contribution is -2.42. The van der Waals surface area contributed by atoms with E-state index in [1.807, 2.05) is 22.7 Å². The maximum Gasteiger partial charge on any atom is 0.0351 e. The second-order valence-electron chi connectivity index (χ2n) is 5.54. The van der Waals surface area contributed by atoms with Gasteiger partial charge in [-0.05, 0) is 49.3 Å². The largest absolute Gasteiger partial charge is 0.310 e. The molecule has 0 saturated carbocycles. The highest BCUT2D eigenvalue weighted by Crippen LogP contribution is 2.29. The van der Waals surface area contributed by atoms with Gasteiger partial charge in [0, 0.05) is 34.4 Å². The van der Waals surface area contributed by atoms with Crippen LogP contribution in [0.2, 0.25) is 0 Å². The molecule has 1 aliphatic rings. The summed E-state index contributed by atoms with van der Waals surface area (Å²) in [5, 5.41) is 8.05. The fraction of sp³-hybridized carbons (Fsp3) is 0.500. The Labute approximate surface area is 129 Å². The second-order valence-corrected chi connectivity index (χ2v) is 7.48. The molecule has 2 aromatic heterocycles. The van der Waals surface area contributed by atoms with Crippen molar-refractivity contribution in [3.05, 3.63) is 33.8 Å². The van der Waals surface area contributed by atoms with Gasteiger partial charge in [-0.3, -0.25) is 0 Å². The normalized spacial score (nSPS) is 20.4. The van der Waals surface area contributed by atoms with E-state index in [0.29, 0.717) is 0 Å². The van der Waals surface area contributed by atoms with Gasteiger partial charge in [0.25, 0.3) is 0 Å². The smallest absolute Gasteiger partial charge is 0.0351 e. The zero-order valence-electron chi connectivity index (χ0n) is 12.0. The quantitative estimate of drug-likeness (QED) is 0.896. The van der Waals surface area contributed by atoms with Crippen LogP contribution in [0.3, 0.4) is 0 Å². The minimum absolute atomic E-state index is 0.723. The molecule has 1 fully saturated rings. The van der Waals surface area contributed by atoms with Gasteiger partial charge in [0.05, 0.1) is 0 Å². The molecule has 1 atom stereocenters. The van der Waals surface area contributed by atoms with Gasteiger partial charge >= 0.3 is 0 Å².